The summed E-state index contributed by atoms with van der Waals surface area (Å²) in [5.74, 6) is 0. The first kappa shape index (κ1) is 9.91. The summed E-state index contributed by atoms with van der Waals surface area (Å²) in [5.41, 5.74) is 0.215. The predicted molar refractivity (Wildman–Crippen MR) is 53.2 cm³/mol. The maximum absolute atomic E-state index is 5.52. The normalized spacial score (nSPS) is 12.3. The van der Waals surface area contributed by atoms with Gasteiger partial charge in [-0.3, -0.25) is 0 Å². The monoisotopic (exact) mass is 258 g/mol. The van der Waals surface area contributed by atoms with Gasteiger partial charge >= 0.3 is 0 Å². The van der Waals surface area contributed by atoms with Gasteiger partial charge in [-0.05, 0) is 12.8 Å². The maximum Gasteiger partial charge on any atom is 0.146 e. The van der Waals surface area contributed by atoms with E-state index in [1.165, 1.54) is 0 Å². The van der Waals surface area contributed by atoms with Gasteiger partial charge in [-0.15, -0.1) is 0 Å². The van der Waals surface area contributed by atoms with Gasteiger partial charge < -0.3 is 4.43 Å². The van der Waals surface area contributed by atoms with Crippen LogP contribution < -0.4 is 0 Å². The van der Waals surface area contributed by atoms with Crippen molar-refractivity contribution in [3.8, 4) is 0 Å². The van der Waals surface area contributed by atoms with Crippen LogP contribution in [0.25, 0.3) is 0 Å². The Morgan fingerprint density at radius 3 is 1.89 bits per heavy atom. The van der Waals surface area contributed by atoms with Gasteiger partial charge in [0.05, 0.1) is 5.60 Å². The average molecular weight is 258 g/mol. The lowest BCUT2D eigenvalue weighted by Gasteiger charge is -2.28. The summed E-state index contributed by atoms with van der Waals surface area (Å²) in [6, 6.07) is 0. The Hall–Kier alpha value is 0.907. The van der Waals surface area contributed by atoms with Crippen LogP contribution in [-0.4, -0.2) is 20.5 Å². The van der Waals surface area contributed by atoms with Crippen molar-refractivity contribution in [2.45, 2.75) is 32.3 Å². The van der Waals surface area contributed by atoms with Crippen LogP contribution in [0.1, 0.15) is 26.7 Å². The van der Waals surface area contributed by atoms with E-state index in [4.69, 9.17) is 4.43 Å². The second-order valence-electron chi connectivity index (χ2n) is 2.23. The highest BCUT2D eigenvalue weighted by Crippen LogP contribution is 2.21. The summed E-state index contributed by atoms with van der Waals surface area (Å²) in [6.45, 7) is 4.39. The lowest BCUT2D eigenvalue weighted by molar-refractivity contribution is 0.101. The predicted octanol–water partition coefficient (Wildman–Crippen LogP) is 1.28. The van der Waals surface area contributed by atoms with Crippen molar-refractivity contribution in [2.24, 2.45) is 0 Å². The minimum atomic E-state index is 0.215. The summed E-state index contributed by atoms with van der Waals surface area (Å²) in [6.07, 6.45) is 2.30. The second-order valence-corrected chi connectivity index (χ2v) is 3.40. The first-order chi connectivity index (χ1) is 4.24. The number of rotatable bonds is 4. The third-order valence-electron chi connectivity index (χ3n) is 1.97. The van der Waals surface area contributed by atoms with E-state index in [0.29, 0.717) is 0 Å². The number of hydrogen-bond donors (Lipinski definition) is 0. The van der Waals surface area contributed by atoms with Gasteiger partial charge in [0.25, 0.3) is 0 Å². The smallest absolute Gasteiger partial charge is 0.146 e. The SMILES string of the molecule is CCC(CC)(CI)O[SiH3]. The number of alkyl halides is 1. The van der Waals surface area contributed by atoms with Crippen LogP contribution in [0.5, 0.6) is 0 Å². The van der Waals surface area contributed by atoms with Gasteiger partial charge in [-0.2, -0.15) is 0 Å². The summed E-state index contributed by atoms with van der Waals surface area (Å²) in [4.78, 5) is 0. The average Bonchev–Trinajstić information content (AvgIpc) is 1.95. The second kappa shape index (κ2) is 4.68. The molecule has 0 unspecified atom stereocenters. The molecule has 0 saturated carbocycles. The molecule has 0 aromatic rings. The highest BCUT2D eigenvalue weighted by molar-refractivity contribution is 14.1. The molecule has 0 fully saturated rings. The third-order valence-corrected chi connectivity index (χ3v) is 4.22. The van der Waals surface area contributed by atoms with Crippen LogP contribution in [-0.2, 0) is 4.43 Å². The third kappa shape index (κ3) is 2.55. The molecule has 0 aliphatic carbocycles. The van der Waals surface area contributed by atoms with Gasteiger partial charge in [0.2, 0.25) is 0 Å². The molecular formula is C6H15IOSi. The molecule has 0 aromatic carbocycles. The van der Waals surface area contributed by atoms with Crippen molar-refractivity contribution in [2.75, 3.05) is 4.43 Å². The molecule has 0 saturated heterocycles. The lowest BCUT2D eigenvalue weighted by atomic mass is 10.0. The van der Waals surface area contributed by atoms with Gasteiger partial charge in [0.1, 0.15) is 10.5 Å². The molecular weight excluding hydrogens is 243 g/mol. The minimum Gasteiger partial charge on any atom is -0.422 e. The molecule has 0 N–H and O–H groups in total. The first-order valence-electron chi connectivity index (χ1n) is 3.35. The van der Waals surface area contributed by atoms with E-state index in [-0.39, 0.29) is 5.60 Å². The fourth-order valence-corrected chi connectivity index (χ4v) is 3.48. The van der Waals surface area contributed by atoms with E-state index >= 15 is 0 Å². The molecule has 0 spiro atoms. The Labute approximate surface area is 74.2 Å². The standard InChI is InChI=1S/C6H15IOSi/c1-3-6(4-2,5-7)8-9/h3-5H2,1-2,9H3. The Bertz CT molecular complexity index is 55.9. The molecule has 0 heterocycles. The quantitative estimate of drug-likeness (QED) is 0.419. The van der Waals surface area contributed by atoms with Crippen LogP contribution in [0.15, 0.2) is 0 Å². The van der Waals surface area contributed by atoms with Crippen LogP contribution in [0.3, 0.4) is 0 Å². The zero-order chi connectivity index (χ0) is 7.33. The fourth-order valence-electron chi connectivity index (χ4n) is 0.782. The molecule has 0 rings (SSSR count). The Morgan fingerprint density at radius 2 is 1.89 bits per heavy atom. The Balaban J connectivity index is 3.82. The molecule has 3 heteroatoms. The van der Waals surface area contributed by atoms with Crippen LogP contribution in [0, 0.1) is 0 Å². The van der Waals surface area contributed by atoms with Crippen molar-refractivity contribution in [1.29, 1.82) is 0 Å². The zero-order valence-corrected chi connectivity index (χ0v) is 10.6. The molecule has 0 radical (unpaired) electrons. The molecule has 1 nitrogen and oxygen atoms in total. The molecule has 0 aromatic heterocycles. The largest absolute Gasteiger partial charge is 0.422 e. The molecule has 0 bridgehead atoms. The fraction of sp³-hybridized carbons (Fsp3) is 1.00. The molecule has 0 aliphatic rings. The van der Waals surface area contributed by atoms with Gasteiger partial charge in [-0.1, -0.05) is 36.4 Å². The van der Waals surface area contributed by atoms with Crippen molar-refractivity contribution in [1.82, 2.24) is 0 Å². The van der Waals surface area contributed by atoms with E-state index in [0.717, 1.165) is 27.8 Å². The maximum atomic E-state index is 5.52. The van der Waals surface area contributed by atoms with Gasteiger partial charge in [0.15, 0.2) is 0 Å². The van der Waals surface area contributed by atoms with Crippen LogP contribution in [0.4, 0.5) is 0 Å². The minimum absolute atomic E-state index is 0.215. The highest BCUT2D eigenvalue weighted by Gasteiger charge is 2.22. The first-order valence-corrected chi connectivity index (χ1v) is 5.70. The Morgan fingerprint density at radius 1 is 1.44 bits per heavy atom. The summed E-state index contributed by atoms with van der Waals surface area (Å²) >= 11 is 2.40. The van der Waals surface area contributed by atoms with E-state index < -0.39 is 0 Å². The van der Waals surface area contributed by atoms with E-state index in [2.05, 4.69) is 36.4 Å². The summed E-state index contributed by atoms with van der Waals surface area (Å²) in [5, 5.41) is 0. The van der Waals surface area contributed by atoms with E-state index in [9.17, 15) is 0 Å². The van der Waals surface area contributed by atoms with Crippen molar-refractivity contribution < 1.29 is 4.43 Å². The molecule has 56 valence electrons. The number of hydrogen-bond acceptors (Lipinski definition) is 1. The highest BCUT2D eigenvalue weighted by atomic mass is 127. The van der Waals surface area contributed by atoms with Gasteiger partial charge in [0, 0.05) is 4.43 Å². The summed E-state index contributed by atoms with van der Waals surface area (Å²) in [7, 11) is 0.870. The van der Waals surface area contributed by atoms with Gasteiger partial charge in [-0.25, -0.2) is 0 Å². The van der Waals surface area contributed by atoms with Crippen molar-refractivity contribution in [3.63, 3.8) is 0 Å². The number of halogens is 1. The molecule has 9 heavy (non-hydrogen) atoms. The van der Waals surface area contributed by atoms with E-state index in [1.54, 1.807) is 0 Å². The molecule has 0 amide bonds. The van der Waals surface area contributed by atoms with Crippen LogP contribution >= 0.6 is 22.6 Å². The molecule has 0 aliphatic heterocycles. The molecule has 0 atom stereocenters. The Kier molecular flexibility index (Phi) is 5.15. The van der Waals surface area contributed by atoms with Crippen molar-refractivity contribution in [3.05, 3.63) is 0 Å². The lowest BCUT2D eigenvalue weighted by Crippen LogP contribution is -2.31. The topological polar surface area (TPSA) is 9.23 Å². The van der Waals surface area contributed by atoms with Crippen molar-refractivity contribution >= 4 is 33.1 Å². The van der Waals surface area contributed by atoms with E-state index in [1.807, 2.05) is 0 Å². The zero-order valence-electron chi connectivity index (χ0n) is 6.41. The van der Waals surface area contributed by atoms with Crippen LogP contribution in [0.2, 0.25) is 0 Å². The summed E-state index contributed by atoms with van der Waals surface area (Å²) < 4.78 is 6.64.